The van der Waals surface area contributed by atoms with Gasteiger partial charge in [-0.1, -0.05) is 20.8 Å². The van der Waals surface area contributed by atoms with Crippen LogP contribution in [-0.2, 0) is 10.1 Å². The van der Waals surface area contributed by atoms with Crippen molar-refractivity contribution in [2.45, 2.75) is 51.5 Å². The van der Waals surface area contributed by atoms with Gasteiger partial charge in [0.2, 0.25) is 0 Å². The lowest BCUT2D eigenvalue weighted by molar-refractivity contribution is 0.302. The van der Waals surface area contributed by atoms with E-state index in [1.54, 1.807) is 30.3 Å². The van der Waals surface area contributed by atoms with Gasteiger partial charge in [-0.05, 0) is 96.2 Å². The zero-order valence-electron chi connectivity index (χ0n) is 23.2. The van der Waals surface area contributed by atoms with Crippen molar-refractivity contribution in [3.05, 3.63) is 65.3 Å². The van der Waals surface area contributed by atoms with Crippen molar-refractivity contribution in [3.63, 3.8) is 0 Å². The van der Waals surface area contributed by atoms with Crippen molar-refractivity contribution in [2.75, 3.05) is 19.5 Å². The second-order valence-corrected chi connectivity index (χ2v) is 13.7. The summed E-state index contributed by atoms with van der Waals surface area (Å²) in [5, 5.41) is 3.71. The molecule has 208 valence electrons. The molecule has 8 nitrogen and oxygen atoms in total. The van der Waals surface area contributed by atoms with Crippen molar-refractivity contribution in [1.29, 1.82) is 0 Å². The third-order valence-electron chi connectivity index (χ3n) is 6.00. The molecule has 1 N–H and O–H groups in total. The Kier molecular flexibility index (Phi) is 7.91. The first-order chi connectivity index (χ1) is 18.2. The van der Waals surface area contributed by atoms with Crippen molar-refractivity contribution in [2.24, 2.45) is 5.41 Å². The number of nitrogens with zero attached hydrogens (tertiary/aromatic N) is 2. The SMILES string of the molecule is COc1ccc(S(=O)(=O)Oc2ccc(-c3nc4ccc(Br)cn4c3NC(C)(C)CC(C)(C)C)cc2OC)cc1. The van der Waals surface area contributed by atoms with E-state index in [9.17, 15) is 8.42 Å². The molecule has 4 rings (SSSR count). The predicted octanol–water partition coefficient (Wildman–Crippen LogP) is 7.18. The molecule has 0 amide bonds. The van der Waals surface area contributed by atoms with Gasteiger partial charge in [-0.2, -0.15) is 8.42 Å². The van der Waals surface area contributed by atoms with Crippen molar-refractivity contribution in [3.8, 4) is 28.5 Å². The molecule has 0 unspecified atom stereocenters. The second-order valence-electron chi connectivity index (χ2n) is 11.2. The molecule has 0 radical (unpaired) electrons. The number of imidazole rings is 1. The molecule has 0 atom stereocenters. The fourth-order valence-electron chi connectivity index (χ4n) is 4.82. The van der Waals surface area contributed by atoms with Crippen molar-refractivity contribution < 1.29 is 22.1 Å². The van der Waals surface area contributed by atoms with Crippen LogP contribution in [-0.4, -0.2) is 37.6 Å². The fourth-order valence-corrected chi connectivity index (χ4v) is 6.10. The monoisotopic (exact) mass is 615 g/mol. The van der Waals surface area contributed by atoms with E-state index in [0.717, 1.165) is 27.9 Å². The van der Waals surface area contributed by atoms with E-state index >= 15 is 0 Å². The molecule has 2 aromatic heterocycles. The molecule has 2 aromatic carbocycles. The van der Waals surface area contributed by atoms with Gasteiger partial charge in [0, 0.05) is 21.8 Å². The number of ether oxygens (including phenoxy) is 2. The number of hydrogen-bond acceptors (Lipinski definition) is 7. The van der Waals surface area contributed by atoms with Gasteiger partial charge in [0.05, 0.1) is 14.2 Å². The van der Waals surface area contributed by atoms with Gasteiger partial charge in [-0.25, -0.2) is 4.98 Å². The minimum atomic E-state index is -4.10. The maximum Gasteiger partial charge on any atom is 0.339 e. The van der Waals surface area contributed by atoms with E-state index < -0.39 is 10.1 Å². The van der Waals surface area contributed by atoms with Crippen LogP contribution in [0, 0.1) is 5.41 Å². The zero-order chi connectivity index (χ0) is 28.6. The van der Waals surface area contributed by atoms with Crippen LogP contribution < -0.4 is 19.0 Å². The summed E-state index contributed by atoms with van der Waals surface area (Å²) in [5.41, 5.74) is 2.08. The Labute approximate surface area is 238 Å². The van der Waals surface area contributed by atoms with Crippen LogP contribution in [0.25, 0.3) is 16.9 Å². The normalized spacial score (nSPS) is 12.4. The lowest BCUT2D eigenvalue weighted by Gasteiger charge is -2.34. The maximum atomic E-state index is 12.9. The predicted molar refractivity (Wildman–Crippen MR) is 157 cm³/mol. The molecule has 4 aromatic rings. The minimum absolute atomic E-state index is 0.00734. The Morgan fingerprint density at radius 1 is 0.923 bits per heavy atom. The maximum absolute atomic E-state index is 12.9. The number of hydrogen-bond donors (Lipinski definition) is 1. The van der Waals surface area contributed by atoms with E-state index in [4.69, 9.17) is 18.6 Å². The van der Waals surface area contributed by atoms with Crippen LogP contribution in [0.1, 0.15) is 41.0 Å². The van der Waals surface area contributed by atoms with E-state index in [-0.39, 0.29) is 27.3 Å². The van der Waals surface area contributed by atoms with Crippen LogP contribution in [0.5, 0.6) is 17.2 Å². The molecule has 0 spiro atoms. The topological polar surface area (TPSA) is 91.2 Å². The fraction of sp³-hybridized carbons (Fsp3) is 0.345. The molecule has 0 saturated carbocycles. The van der Waals surface area contributed by atoms with E-state index in [1.165, 1.54) is 26.4 Å². The quantitative estimate of drug-likeness (QED) is 0.199. The molecule has 39 heavy (non-hydrogen) atoms. The first-order valence-electron chi connectivity index (χ1n) is 12.4. The number of aromatic nitrogens is 2. The van der Waals surface area contributed by atoms with Crippen LogP contribution in [0.3, 0.4) is 0 Å². The number of methoxy groups -OCH3 is 2. The standard InChI is InChI=1S/C29H34BrN3O5S/c1-28(2,3)18-29(4,5)32-27-26(31-25-15-9-20(30)17-33(25)27)19-8-14-23(24(16-19)37-7)38-39(34,35)22-12-10-21(36-6)11-13-22/h8-17,32H,18H2,1-7H3. The highest BCUT2D eigenvalue weighted by Gasteiger charge is 2.28. The molecule has 10 heteroatoms. The summed E-state index contributed by atoms with van der Waals surface area (Å²) in [4.78, 5) is 4.91. The highest BCUT2D eigenvalue weighted by atomic mass is 79.9. The summed E-state index contributed by atoms with van der Waals surface area (Å²) in [6, 6.07) is 15.0. The lowest BCUT2D eigenvalue weighted by atomic mass is 9.82. The highest BCUT2D eigenvalue weighted by molar-refractivity contribution is 9.10. The summed E-state index contributed by atoms with van der Waals surface area (Å²) in [5.74, 6) is 1.71. The Balaban J connectivity index is 1.75. The first-order valence-corrected chi connectivity index (χ1v) is 14.6. The number of benzene rings is 2. The van der Waals surface area contributed by atoms with Gasteiger partial charge in [-0.3, -0.25) is 4.40 Å². The first kappa shape index (κ1) is 28.8. The third-order valence-corrected chi connectivity index (χ3v) is 7.71. The molecule has 0 aliphatic heterocycles. The van der Waals surface area contributed by atoms with Crippen molar-refractivity contribution >= 4 is 37.5 Å². The van der Waals surface area contributed by atoms with Gasteiger partial charge in [0.1, 0.15) is 27.8 Å². The highest BCUT2D eigenvalue weighted by Crippen LogP contribution is 2.39. The molecule has 0 fully saturated rings. The summed E-state index contributed by atoms with van der Waals surface area (Å²) >= 11 is 3.57. The largest absolute Gasteiger partial charge is 0.497 e. The molecular weight excluding hydrogens is 582 g/mol. The van der Waals surface area contributed by atoms with Crippen LogP contribution in [0.15, 0.2) is 70.2 Å². The Morgan fingerprint density at radius 3 is 2.23 bits per heavy atom. The van der Waals surface area contributed by atoms with Gasteiger partial charge in [0.25, 0.3) is 0 Å². The Hall–Kier alpha value is -3.24. The van der Waals surface area contributed by atoms with Crippen LogP contribution >= 0.6 is 15.9 Å². The number of rotatable bonds is 9. The smallest absolute Gasteiger partial charge is 0.339 e. The second kappa shape index (κ2) is 10.7. The van der Waals surface area contributed by atoms with Gasteiger partial charge in [-0.15, -0.1) is 0 Å². The number of anilines is 1. The van der Waals surface area contributed by atoms with Crippen LogP contribution in [0.2, 0.25) is 0 Å². The average Bonchev–Trinajstić information content (AvgIpc) is 3.19. The molecule has 0 bridgehead atoms. The number of halogens is 1. The summed E-state index contributed by atoms with van der Waals surface area (Å²) in [7, 11) is -1.11. The Bertz CT molecular complexity index is 1590. The number of pyridine rings is 1. The molecule has 0 aliphatic rings. The number of nitrogens with one attached hydrogen (secondary N) is 1. The van der Waals surface area contributed by atoms with E-state index in [0.29, 0.717) is 11.4 Å². The Morgan fingerprint density at radius 2 is 1.62 bits per heavy atom. The summed E-state index contributed by atoms with van der Waals surface area (Å²) in [6.45, 7) is 11.0. The number of fused-ring (bicyclic) bond motifs is 1. The third kappa shape index (κ3) is 6.67. The van der Waals surface area contributed by atoms with Crippen LogP contribution in [0.4, 0.5) is 5.82 Å². The molecular formula is C29H34BrN3O5S. The van der Waals surface area contributed by atoms with E-state index in [1.807, 2.05) is 22.7 Å². The van der Waals surface area contributed by atoms with Crippen molar-refractivity contribution in [1.82, 2.24) is 9.38 Å². The summed E-state index contributed by atoms with van der Waals surface area (Å²) < 4.78 is 45.0. The van der Waals surface area contributed by atoms with Gasteiger partial charge >= 0.3 is 10.1 Å². The van der Waals surface area contributed by atoms with Gasteiger partial charge < -0.3 is 19.0 Å². The van der Waals surface area contributed by atoms with Gasteiger partial charge in [0.15, 0.2) is 11.5 Å². The lowest BCUT2D eigenvalue weighted by Crippen LogP contribution is -2.36. The average molecular weight is 617 g/mol. The molecule has 2 heterocycles. The minimum Gasteiger partial charge on any atom is -0.497 e. The summed E-state index contributed by atoms with van der Waals surface area (Å²) in [6.07, 6.45) is 2.89. The molecule has 0 aliphatic carbocycles. The zero-order valence-corrected chi connectivity index (χ0v) is 25.6. The van der Waals surface area contributed by atoms with E-state index in [2.05, 4.69) is 55.9 Å². The molecule has 0 saturated heterocycles.